The summed E-state index contributed by atoms with van der Waals surface area (Å²) >= 11 is 0. The molecule has 0 aliphatic rings. The molecule has 0 atom stereocenters. The van der Waals surface area contributed by atoms with E-state index in [-0.39, 0.29) is 5.91 Å². The van der Waals surface area contributed by atoms with Gasteiger partial charge >= 0.3 is 0 Å². The number of hydrogen-bond donors (Lipinski definition) is 1. The molecule has 1 aromatic carbocycles. The fourth-order valence-electron chi connectivity index (χ4n) is 3.04. The number of hydrazine groups is 1. The van der Waals surface area contributed by atoms with Crippen molar-refractivity contribution in [3.8, 4) is 0 Å². The highest BCUT2D eigenvalue weighted by atomic mass is 16.2. The van der Waals surface area contributed by atoms with Crippen LogP contribution in [0.5, 0.6) is 0 Å². The van der Waals surface area contributed by atoms with E-state index in [2.05, 4.69) is 42.9 Å². The summed E-state index contributed by atoms with van der Waals surface area (Å²) in [7, 11) is 0. The number of nitrogens with one attached hydrogen (secondary N) is 1. The normalized spacial score (nSPS) is 10.9. The van der Waals surface area contributed by atoms with Gasteiger partial charge in [0.1, 0.15) is 0 Å². The van der Waals surface area contributed by atoms with E-state index in [1.807, 2.05) is 44.0 Å². The van der Waals surface area contributed by atoms with Crippen molar-refractivity contribution in [3.63, 3.8) is 0 Å². The number of nitrogens with zero attached hydrogens (tertiary/aromatic N) is 2. The van der Waals surface area contributed by atoms with E-state index in [1.165, 1.54) is 5.56 Å². The monoisotopic (exact) mass is 313 g/mol. The largest absolute Gasteiger partial charge is 0.346 e. The average Bonchev–Trinajstić information content (AvgIpc) is 2.80. The predicted molar refractivity (Wildman–Crippen MR) is 96.0 cm³/mol. The minimum Gasteiger partial charge on any atom is -0.346 e. The molecule has 0 bridgehead atoms. The van der Waals surface area contributed by atoms with Gasteiger partial charge < -0.3 is 4.57 Å². The Kier molecular flexibility index (Phi) is 5.14. The fraction of sp³-hybridized carbons (Fsp3) is 0.421. The van der Waals surface area contributed by atoms with E-state index >= 15 is 0 Å². The van der Waals surface area contributed by atoms with Crippen molar-refractivity contribution in [2.75, 3.05) is 11.6 Å². The number of aryl methyl sites for hydroxylation is 2. The van der Waals surface area contributed by atoms with Crippen LogP contribution in [0.1, 0.15) is 54.1 Å². The second-order valence-electron chi connectivity index (χ2n) is 6.27. The smallest absolute Gasteiger partial charge is 0.271 e. The van der Waals surface area contributed by atoms with E-state index in [0.29, 0.717) is 12.6 Å². The van der Waals surface area contributed by atoms with Gasteiger partial charge in [0.05, 0.1) is 11.3 Å². The summed E-state index contributed by atoms with van der Waals surface area (Å²) in [5.41, 5.74) is 8.07. The maximum absolute atomic E-state index is 12.7. The Hall–Kier alpha value is -2.23. The Labute approximate surface area is 139 Å². The molecule has 23 heavy (non-hydrogen) atoms. The third kappa shape index (κ3) is 3.58. The zero-order valence-corrected chi connectivity index (χ0v) is 15.0. The first-order valence-corrected chi connectivity index (χ1v) is 8.18. The Morgan fingerprint density at radius 3 is 2.26 bits per heavy atom. The van der Waals surface area contributed by atoms with Crippen molar-refractivity contribution in [3.05, 3.63) is 52.8 Å². The van der Waals surface area contributed by atoms with Gasteiger partial charge in [-0.1, -0.05) is 17.7 Å². The van der Waals surface area contributed by atoms with Gasteiger partial charge in [-0.15, -0.1) is 0 Å². The second kappa shape index (κ2) is 6.90. The summed E-state index contributed by atoms with van der Waals surface area (Å²) in [4.78, 5) is 12.7. The molecule has 0 unspecified atom stereocenters. The molecular formula is C19H27N3O. The van der Waals surface area contributed by atoms with Crippen molar-refractivity contribution in [1.82, 2.24) is 9.99 Å². The number of anilines is 1. The molecule has 1 heterocycles. The van der Waals surface area contributed by atoms with Crippen molar-refractivity contribution in [1.29, 1.82) is 0 Å². The van der Waals surface area contributed by atoms with Crippen LogP contribution in [0, 0.1) is 20.8 Å². The van der Waals surface area contributed by atoms with Gasteiger partial charge in [-0.05, 0) is 59.7 Å². The molecule has 0 saturated carbocycles. The molecular weight excluding hydrogens is 286 g/mol. The SMILES string of the molecule is CCN(NC(=O)c1cc(C)n(C(C)C)c1C)c1ccc(C)cc1. The van der Waals surface area contributed by atoms with Gasteiger partial charge in [0, 0.05) is 24.0 Å². The molecule has 4 nitrogen and oxygen atoms in total. The number of carbonyl (C=O) groups is 1. The minimum atomic E-state index is -0.0626. The summed E-state index contributed by atoms with van der Waals surface area (Å²) in [6.07, 6.45) is 0. The van der Waals surface area contributed by atoms with Crippen LogP contribution < -0.4 is 10.4 Å². The van der Waals surface area contributed by atoms with Gasteiger partial charge in [0.25, 0.3) is 5.91 Å². The lowest BCUT2D eigenvalue weighted by molar-refractivity contribution is 0.0948. The number of carbonyl (C=O) groups excluding carboxylic acids is 1. The average molecular weight is 313 g/mol. The highest BCUT2D eigenvalue weighted by Crippen LogP contribution is 2.20. The molecule has 0 aliphatic carbocycles. The highest BCUT2D eigenvalue weighted by molar-refractivity contribution is 5.96. The quantitative estimate of drug-likeness (QED) is 0.841. The summed E-state index contributed by atoms with van der Waals surface area (Å²) in [6.45, 7) is 13.1. The number of amides is 1. The van der Waals surface area contributed by atoms with Crippen LogP contribution in [0.25, 0.3) is 0 Å². The van der Waals surface area contributed by atoms with E-state index in [4.69, 9.17) is 0 Å². The highest BCUT2D eigenvalue weighted by Gasteiger charge is 2.18. The third-order valence-corrected chi connectivity index (χ3v) is 4.14. The molecule has 0 spiro atoms. The van der Waals surface area contributed by atoms with Gasteiger partial charge in [-0.25, -0.2) is 0 Å². The zero-order valence-electron chi connectivity index (χ0n) is 15.0. The molecule has 0 radical (unpaired) electrons. The number of hydrogen-bond acceptors (Lipinski definition) is 2. The number of rotatable bonds is 5. The van der Waals surface area contributed by atoms with Crippen LogP contribution in [0.15, 0.2) is 30.3 Å². The lowest BCUT2D eigenvalue weighted by Crippen LogP contribution is -2.42. The number of benzene rings is 1. The lowest BCUT2D eigenvalue weighted by atomic mass is 10.2. The van der Waals surface area contributed by atoms with E-state index in [0.717, 1.165) is 22.6 Å². The third-order valence-electron chi connectivity index (χ3n) is 4.14. The molecule has 2 aromatic rings. The van der Waals surface area contributed by atoms with E-state index < -0.39 is 0 Å². The molecule has 0 aliphatic heterocycles. The first kappa shape index (κ1) is 17.1. The molecule has 4 heteroatoms. The van der Waals surface area contributed by atoms with Crippen LogP contribution in [-0.2, 0) is 0 Å². The maximum atomic E-state index is 12.7. The second-order valence-corrected chi connectivity index (χ2v) is 6.27. The first-order valence-electron chi connectivity index (χ1n) is 8.18. The molecule has 2 rings (SSSR count). The molecule has 1 aromatic heterocycles. The molecule has 1 amide bonds. The van der Waals surface area contributed by atoms with E-state index in [9.17, 15) is 4.79 Å². The van der Waals surface area contributed by atoms with Gasteiger partial charge in [0.2, 0.25) is 0 Å². The van der Waals surface area contributed by atoms with Gasteiger partial charge in [-0.2, -0.15) is 0 Å². The summed E-state index contributed by atoms with van der Waals surface area (Å²) in [5.74, 6) is -0.0626. The molecule has 1 N–H and O–H groups in total. The van der Waals surface area contributed by atoms with Crippen LogP contribution in [0.2, 0.25) is 0 Å². The number of aromatic nitrogens is 1. The zero-order chi connectivity index (χ0) is 17.1. The van der Waals surface area contributed by atoms with Crippen LogP contribution in [0.4, 0.5) is 5.69 Å². The Morgan fingerprint density at radius 2 is 1.78 bits per heavy atom. The van der Waals surface area contributed by atoms with Gasteiger partial charge in [0.15, 0.2) is 0 Å². The molecule has 124 valence electrons. The lowest BCUT2D eigenvalue weighted by Gasteiger charge is -2.24. The summed E-state index contributed by atoms with van der Waals surface area (Å²) in [5, 5.41) is 1.88. The Bertz CT molecular complexity index is 683. The minimum absolute atomic E-state index is 0.0626. The van der Waals surface area contributed by atoms with E-state index in [1.54, 1.807) is 0 Å². The Morgan fingerprint density at radius 1 is 1.17 bits per heavy atom. The standard InChI is InChI=1S/C19H27N3O/c1-7-21(17-10-8-14(4)9-11-17)20-19(23)18-12-15(5)22(13(2)3)16(18)6/h8-13H,7H2,1-6H3,(H,20,23). The first-order chi connectivity index (χ1) is 10.8. The Balaban J connectivity index is 2.23. The van der Waals surface area contributed by atoms with Crippen molar-refractivity contribution < 1.29 is 4.79 Å². The fourth-order valence-corrected chi connectivity index (χ4v) is 3.04. The van der Waals surface area contributed by atoms with Crippen molar-refractivity contribution in [2.24, 2.45) is 0 Å². The van der Waals surface area contributed by atoms with Crippen LogP contribution >= 0.6 is 0 Å². The molecule has 0 saturated heterocycles. The summed E-state index contributed by atoms with van der Waals surface area (Å²) in [6, 6.07) is 10.5. The van der Waals surface area contributed by atoms with Crippen LogP contribution in [0.3, 0.4) is 0 Å². The van der Waals surface area contributed by atoms with Gasteiger partial charge in [-0.3, -0.25) is 15.2 Å². The predicted octanol–water partition coefficient (Wildman–Crippen LogP) is 4.17. The summed E-state index contributed by atoms with van der Waals surface area (Å²) < 4.78 is 2.19. The topological polar surface area (TPSA) is 37.3 Å². The van der Waals surface area contributed by atoms with Crippen molar-refractivity contribution in [2.45, 2.75) is 47.6 Å². The van der Waals surface area contributed by atoms with Crippen molar-refractivity contribution >= 4 is 11.6 Å². The molecule has 0 fully saturated rings. The van der Waals surface area contributed by atoms with Crippen LogP contribution in [-0.4, -0.2) is 17.0 Å². The maximum Gasteiger partial charge on any atom is 0.271 e.